The highest BCUT2D eigenvalue weighted by molar-refractivity contribution is 7.17. The second kappa shape index (κ2) is 9.15. The number of hydrogen-bond acceptors (Lipinski definition) is 6. The molecule has 0 saturated carbocycles. The number of nitrogens with zero attached hydrogens (tertiary/aromatic N) is 5. The number of benzene rings is 2. The van der Waals surface area contributed by atoms with Gasteiger partial charge >= 0.3 is 0 Å². The normalized spacial score (nSPS) is 16.1. The zero-order valence-corrected chi connectivity index (χ0v) is 20.3. The molecule has 4 aromatic rings. The highest BCUT2D eigenvalue weighted by atomic mass is 32.1. The molecular weight excluding hydrogens is 430 g/mol. The number of thiazole rings is 1. The lowest BCUT2D eigenvalue weighted by atomic mass is 9.97. The maximum absolute atomic E-state index is 11.2. The summed E-state index contributed by atoms with van der Waals surface area (Å²) in [7, 11) is 0. The molecule has 5 rings (SSSR count). The smallest absolute Gasteiger partial charge is 0.230 e. The van der Waals surface area contributed by atoms with E-state index in [2.05, 4.69) is 88.3 Å². The monoisotopic (exact) mass is 461 g/mol. The molecule has 1 saturated heterocycles. The fourth-order valence-electron chi connectivity index (χ4n) is 4.59. The van der Waals surface area contributed by atoms with Crippen LogP contribution in [-0.4, -0.2) is 50.8 Å². The first kappa shape index (κ1) is 21.9. The van der Waals surface area contributed by atoms with E-state index in [0.717, 1.165) is 48.3 Å². The molecule has 0 unspecified atom stereocenters. The van der Waals surface area contributed by atoms with Crippen LogP contribution in [0.25, 0.3) is 4.96 Å². The van der Waals surface area contributed by atoms with Gasteiger partial charge < -0.3 is 10.0 Å². The van der Waals surface area contributed by atoms with Crippen LogP contribution in [0.1, 0.15) is 54.6 Å². The van der Waals surface area contributed by atoms with Gasteiger partial charge in [-0.25, -0.2) is 4.98 Å². The number of para-hydroxylation sites is 1. The van der Waals surface area contributed by atoms with Crippen molar-refractivity contribution < 1.29 is 5.11 Å². The first-order valence-corrected chi connectivity index (χ1v) is 12.6. The van der Waals surface area contributed by atoms with E-state index in [9.17, 15) is 5.11 Å². The van der Waals surface area contributed by atoms with Gasteiger partial charge in [0.1, 0.15) is 0 Å². The van der Waals surface area contributed by atoms with Crippen molar-refractivity contribution in [2.75, 3.05) is 31.1 Å². The third-order valence-electron chi connectivity index (χ3n) is 6.53. The molecule has 1 atom stereocenters. The fourth-order valence-corrected chi connectivity index (χ4v) is 5.72. The molecule has 2 aromatic heterocycles. The van der Waals surface area contributed by atoms with E-state index < -0.39 is 0 Å². The summed E-state index contributed by atoms with van der Waals surface area (Å²) < 4.78 is 1.61. The Morgan fingerprint density at radius 1 is 0.939 bits per heavy atom. The molecule has 2 aromatic carbocycles. The average molecular weight is 462 g/mol. The van der Waals surface area contributed by atoms with Crippen molar-refractivity contribution in [1.29, 1.82) is 0 Å². The lowest BCUT2D eigenvalue weighted by molar-refractivity contribution is 0.211. The number of aryl methyl sites for hydroxylation is 1. The molecule has 6 nitrogen and oxygen atoms in total. The predicted molar refractivity (Wildman–Crippen MR) is 135 cm³/mol. The number of fused-ring (bicyclic) bond motifs is 1. The molecule has 0 radical (unpaired) electrons. The highest BCUT2D eigenvalue weighted by Crippen LogP contribution is 2.40. The first-order chi connectivity index (χ1) is 16.0. The summed E-state index contributed by atoms with van der Waals surface area (Å²) in [4.78, 5) is 11.2. The number of anilines is 1. The topological polar surface area (TPSA) is 56.9 Å². The molecule has 3 heterocycles. The second-order valence-corrected chi connectivity index (χ2v) is 9.96. The summed E-state index contributed by atoms with van der Waals surface area (Å²) in [5.74, 6) is 1.46. The van der Waals surface area contributed by atoms with Gasteiger partial charge in [0, 0.05) is 38.3 Å². The van der Waals surface area contributed by atoms with E-state index >= 15 is 0 Å². The van der Waals surface area contributed by atoms with Gasteiger partial charge in [-0.2, -0.15) is 4.52 Å². The second-order valence-electron chi connectivity index (χ2n) is 8.95. The molecule has 1 aliphatic heterocycles. The lowest BCUT2D eigenvalue weighted by Crippen LogP contribution is -2.47. The number of rotatable bonds is 6. The van der Waals surface area contributed by atoms with E-state index in [4.69, 9.17) is 0 Å². The van der Waals surface area contributed by atoms with Gasteiger partial charge in [0.05, 0.1) is 10.9 Å². The van der Waals surface area contributed by atoms with Gasteiger partial charge in [-0.3, -0.25) is 4.90 Å². The third kappa shape index (κ3) is 4.23. The Morgan fingerprint density at radius 3 is 2.21 bits per heavy atom. The summed E-state index contributed by atoms with van der Waals surface area (Å²) in [6.07, 6.45) is 0.755. The van der Waals surface area contributed by atoms with Crippen molar-refractivity contribution in [3.63, 3.8) is 0 Å². The van der Waals surface area contributed by atoms with Crippen LogP contribution in [0.2, 0.25) is 0 Å². The average Bonchev–Trinajstić information content (AvgIpc) is 3.39. The van der Waals surface area contributed by atoms with E-state index in [-0.39, 0.29) is 11.9 Å². The molecule has 1 aliphatic rings. The molecule has 7 heteroatoms. The van der Waals surface area contributed by atoms with Gasteiger partial charge in [0.2, 0.25) is 10.8 Å². The Morgan fingerprint density at radius 2 is 1.61 bits per heavy atom. The van der Waals surface area contributed by atoms with Crippen molar-refractivity contribution in [1.82, 2.24) is 19.5 Å². The van der Waals surface area contributed by atoms with E-state index in [1.54, 1.807) is 15.9 Å². The zero-order chi connectivity index (χ0) is 22.9. The number of aromatic hydroxyl groups is 1. The van der Waals surface area contributed by atoms with Gasteiger partial charge in [-0.15, -0.1) is 5.10 Å². The van der Waals surface area contributed by atoms with Crippen LogP contribution >= 0.6 is 11.3 Å². The van der Waals surface area contributed by atoms with Crippen LogP contribution in [0.15, 0.2) is 54.6 Å². The van der Waals surface area contributed by atoms with E-state index in [1.165, 1.54) is 16.8 Å². The Balaban J connectivity index is 1.48. The maximum atomic E-state index is 11.2. The molecule has 0 aliphatic carbocycles. The van der Waals surface area contributed by atoms with Gasteiger partial charge in [0.25, 0.3) is 0 Å². The first-order valence-electron chi connectivity index (χ1n) is 11.8. The maximum Gasteiger partial charge on any atom is 0.230 e. The largest absolute Gasteiger partial charge is 0.492 e. The van der Waals surface area contributed by atoms with Gasteiger partial charge in [0.15, 0.2) is 5.82 Å². The van der Waals surface area contributed by atoms with Crippen LogP contribution in [0.5, 0.6) is 5.88 Å². The molecule has 0 amide bonds. The number of hydrogen-bond donors (Lipinski definition) is 1. The minimum absolute atomic E-state index is 0.0253. The summed E-state index contributed by atoms with van der Waals surface area (Å²) in [5.41, 5.74) is 3.79. The van der Waals surface area contributed by atoms with Gasteiger partial charge in [-0.05, 0) is 29.2 Å². The minimum atomic E-state index is -0.0253. The zero-order valence-electron chi connectivity index (χ0n) is 19.5. The third-order valence-corrected chi connectivity index (χ3v) is 7.60. The minimum Gasteiger partial charge on any atom is -0.492 e. The van der Waals surface area contributed by atoms with E-state index in [1.807, 2.05) is 6.92 Å². The van der Waals surface area contributed by atoms with Crippen LogP contribution < -0.4 is 4.90 Å². The van der Waals surface area contributed by atoms with Crippen molar-refractivity contribution in [3.05, 3.63) is 76.4 Å². The Labute approximate surface area is 199 Å². The van der Waals surface area contributed by atoms with Crippen molar-refractivity contribution >= 4 is 22.0 Å². The molecule has 172 valence electrons. The Bertz CT molecular complexity index is 1210. The van der Waals surface area contributed by atoms with Crippen LogP contribution in [-0.2, 0) is 6.42 Å². The van der Waals surface area contributed by atoms with Gasteiger partial charge in [-0.1, -0.05) is 74.6 Å². The summed E-state index contributed by atoms with van der Waals surface area (Å²) in [5, 5.41) is 15.7. The molecule has 1 fully saturated rings. The lowest BCUT2D eigenvalue weighted by Gasteiger charge is -2.40. The summed E-state index contributed by atoms with van der Waals surface area (Å²) in [6.45, 7) is 10.2. The SMILES string of the molecule is CCc1nc2sc([C@@H](c3ccc(C(C)C)cc3)N3CCN(c4ccccc4)CC3)c(O)n2n1. The highest BCUT2D eigenvalue weighted by Gasteiger charge is 2.32. The molecular formula is C26H31N5OS. The predicted octanol–water partition coefficient (Wildman–Crippen LogP) is 5.09. The molecule has 33 heavy (non-hydrogen) atoms. The van der Waals surface area contributed by atoms with Crippen molar-refractivity contribution in [2.45, 2.75) is 39.2 Å². The Hall–Kier alpha value is -2.90. The summed E-state index contributed by atoms with van der Waals surface area (Å²) >= 11 is 1.55. The fraction of sp³-hybridized carbons (Fsp3) is 0.385. The number of aromatic nitrogens is 3. The number of piperazine rings is 1. The van der Waals surface area contributed by atoms with Crippen molar-refractivity contribution in [3.8, 4) is 5.88 Å². The standard InChI is InChI=1S/C26H31N5OS/c1-4-22-27-26-31(28-22)25(32)24(33-26)23(20-12-10-19(11-13-20)18(2)3)30-16-14-29(15-17-30)21-8-6-5-7-9-21/h5-13,18,23,32H,4,14-17H2,1-3H3/t23-/m1/s1. The Kier molecular flexibility index (Phi) is 6.08. The van der Waals surface area contributed by atoms with E-state index in [0.29, 0.717) is 5.92 Å². The van der Waals surface area contributed by atoms with Crippen LogP contribution in [0, 0.1) is 0 Å². The molecule has 1 N–H and O–H groups in total. The van der Waals surface area contributed by atoms with Crippen LogP contribution in [0.4, 0.5) is 5.69 Å². The quantitative estimate of drug-likeness (QED) is 0.433. The summed E-state index contributed by atoms with van der Waals surface area (Å²) in [6, 6.07) is 19.5. The van der Waals surface area contributed by atoms with Crippen LogP contribution in [0.3, 0.4) is 0 Å². The molecule has 0 bridgehead atoms. The van der Waals surface area contributed by atoms with Crippen molar-refractivity contribution in [2.24, 2.45) is 0 Å². The molecule has 0 spiro atoms.